The Labute approximate surface area is 161 Å². The fraction of sp³-hybridized carbons (Fsp3) is 0.167. The Balaban J connectivity index is 1.55. The molecule has 0 unspecified atom stereocenters. The predicted octanol–water partition coefficient (Wildman–Crippen LogP) is 3.06. The first kappa shape index (κ1) is 18.2. The molecule has 0 aliphatic carbocycles. The Morgan fingerprint density at radius 1 is 1.29 bits per heavy atom. The van der Waals surface area contributed by atoms with Gasteiger partial charge in [0, 0.05) is 24.2 Å². The van der Waals surface area contributed by atoms with Gasteiger partial charge in [0.25, 0.3) is 0 Å². The maximum absolute atomic E-state index is 13.3. The summed E-state index contributed by atoms with van der Waals surface area (Å²) < 4.78 is 32.9. The number of amides is 1. The van der Waals surface area contributed by atoms with Gasteiger partial charge in [0.05, 0.1) is 23.1 Å². The van der Waals surface area contributed by atoms with Crippen molar-refractivity contribution in [2.45, 2.75) is 13.1 Å². The lowest BCUT2D eigenvalue weighted by molar-refractivity contribution is -0.131. The molecule has 1 N–H and O–H groups in total. The number of aromatic nitrogens is 3. The highest BCUT2D eigenvalue weighted by atomic mass is 35.5. The van der Waals surface area contributed by atoms with Gasteiger partial charge in [0.15, 0.2) is 17.2 Å². The highest BCUT2D eigenvalue weighted by Crippen LogP contribution is 2.19. The number of oxazole rings is 1. The van der Waals surface area contributed by atoms with Gasteiger partial charge < -0.3 is 14.3 Å². The van der Waals surface area contributed by atoms with E-state index in [-0.39, 0.29) is 24.5 Å². The predicted molar refractivity (Wildman–Crippen MR) is 98.0 cm³/mol. The molecule has 0 aliphatic heterocycles. The van der Waals surface area contributed by atoms with Crippen LogP contribution >= 0.6 is 11.6 Å². The molecule has 0 spiro atoms. The second-order valence-corrected chi connectivity index (χ2v) is 6.72. The number of likely N-dealkylation sites (N-methyl/N-ethyl adjacent to an activating group) is 1. The lowest BCUT2D eigenvalue weighted by Gasteiger charge is -2.15. The molecule has 2 aromatic carbocycles. The molecule has 0 aliphatic rings. The summed E-state index contributed by atoms with van der Waals surface area (Å²) in [4.78, 5) is 32.9. The number of fused-ring (bicyclic) bond motifs is 2. The van der Waals surface area contributed by atoms with Crippen LogP contribution in [0, 0.1) is 11.6 Å². The van der Waals surface area contributed by atoms with E-state index in [0.29, 0.717) is 27.5 Å². The molecular formula is C18H13ClF2N4O3. The normalized spacial score (nSPS) is 11.4. The summed E-state index contributed by atoms with van der Waals surface area (Å²) in [5.41, 5.74) is 1.31. The largest absolute Gasteiger partial charge is 0.420 e. The molecule has 0 atom stereocenters. The van der Waals surface area contributed by atoms with Crippen molar-refractivity contribution in [2.75, 3.05) is 7.05 Å². The Morgan fingerprint density at radius 3 is 2.82 bits per heavy atom. The Bertz CT molecular complexity index is 1240. The van der Waals surface area contributed by atoms with Crippen LogP contribution in [0.15, 0.2) is 39.5 Å². The summed E-state index contributed by atoms with van der Waals surface area (Å²) >= 11 is 5.95. The lowest BCUT2D eigenvalue weighted by atomic mass is 10.3. The molecule has 0 bridgehead atoms. The van der Waals surface area contributed by atoms with Crippen molar-refractivity contribution >= 4 is 39.6 Å². The van der Waals surface area contributed by atoms with Crippen molar-refractivity contribution in [3.8, 4) is 0 Å². The van der Waals surface area contributed by atoms with E-state index in [9.17, 15) is 18.4 Å². The maximum Gasteiger partial charge on any atom is 0.420 e. The zero-order chi connectivity index (χ0) is 20.0. The van der Waals surface area contributed by atoms with E-state index >= 15 is 0 Å². The zero-order valence-corrected chi connectivity index (χ0v) is 15.3. The standard InChI is InChI=1S/C18H13ClF2N4O3/c1-24(7-16-22-12-5-10(20)11(21)6-13(12)23-16)17(26)8-25-14-4-9(19)2-3-15(14)28-18(25)27/h2-6H,7-8H2,1H3,(H,22,23). The molecule has 4 aromatic rings. The number of benzene rings is 2. The first-order valence-corrected chi connectivity index (χ1v) is 8.56. The van der Waals surface area contributed by atoms with Gasteiger partial charge in [-0.1, -0.05) is 11.6 Å². The average molecular weight is 407 g/mol. The maximum atomic E-state index is 13.3. The van der Waals surface area contributed by atoms with Gasteiger partial charge in [-0.15, -0.1) is 0 Å². The number of hydrogen-bond acceptors (Lipinski definition) is 4. The second-order valence-electron chi connectivity index (χ2n) is 6.28. The summed E-state index contributed by atoms with van der Waals surface area (Å²) in [5, 5.41) is 0.407. The van der Waals surface area contributed by atoms with Crippen LogP contribution in [0.1, 0.15) is 5.82 Å². The van der Waals surface area contributed by atoms with Crippen molar-refractivity contribution in [1.82, 2.24) is 19.4 Å². The van der Waals surface area contributed by atoms with Gasteiger partial charge in [0.2, 0.25) is 5.91 Å². The summed E-state index contributed by atoms with van der Waals surface area (Å²) in [7, 11) is 1.52. The van der Waals surface area contributed by atoms with E-state index in [1.807, 2.05) is 0 Å². The number of nitrogens with zero attached hydrogens (tertiary/aromatic N) is 3. The molecule has 0 radical (unpaired) electrons. The molecule has 0 fully saturated rings. The molecular weight excluding hydrogens is 394 g/mol. The Hall–Kier alpha value is -3.20. The minimum Gasteiger partial charge on any atom is -0.408 e. The quantitative estimate of drug-likeness (QED) is 0.564. The lowest BCUT2D eigenvalue weighted by Crippen LogP contribution is -2.32. The van der Waals surface area contributed by atoms with Gasteiger partial charge >= 0.3 is 5.76 Å². The van der Waals surface area contributed by atoms with Crippen LogP contribution in [0.3, 0.4) is 0 Å². The van der Waals surface area contributed by atoms with Crippen molar-refractivity contribution in [3.05, 3.63) is 63.4 Å². The number of imidazole rings is 1. The SMILES string of the molecule is CN(Cc1nc2cc(F)c(F)cc2[nH]1)C(=O)Cn1c(=O)oc2ccc(Cl)cc21. The number of halogens is 3. The number of nitrogens with one attached hydrogen (secondary N) is 1. The van der Waals surface area contributed by atoms with E-state index in [1.165, 1.54) is 22.6 Å². The van der Waals surface area contributed by atoms with E-state index < -0.39 is 17.4 Å². The van der Waals surface area contributed by atoms with E-state index in [1.54, 1.807) is 12.1 Å². The van der Waals surface area contributed by atoms with Crippen LogP contribution in [0.2, 0.25) is 5.02 Å². The molecule has 28 heavy (non-hydrogen) atoms. The molecule has 7 nitrogen and oxygen atoms in total. The van der Waals surface area contributed by atoms with Crippen LogP contribution in [0.25, 0.3) is 22.1 Å². The first-order valence-electron chi connectivity index (χ1n) is 8.18. The van der Waals surface area contributed by atoms with Crippen molar-refractivity contribution in [1.29, 1.82) is 0 Å². The highest BCUT2D eigenvalue weighted by Gasteiger charge is 2.17. The van der Waals surface area contributed by atoms with Crippen LogP contribution < -0.4 is 5.76 Å². The third kappa shape index (κ3) is 3.24. The highest BCUT2D eigenvalue weighted by molar-refractivity contribution is 6.31. The van der Waals surface area contributed by atoms with Gasteiger partial charge in [0.1, 0.15) is 12.4 Å². The van der Waals surface area contributed by atoms with Crippen molar-refractivity contribution < 1.29 is 18.0 Å². The van der Waals surface area contributed by atoms with Crippen LogP contribution in [-0.2, 0) is 17.9 Å². The average Bonchev–Trinajstić information content (AvgIpc) is 3.15. The molecule has 2 heterocycles. The zero-order valence-electron chi connectivity index (χ0n) is 14.5. The Morgan fingerprint density at radius 2 is 2.04 bits per heavy atom. The summed E-state index contributed by atoms with van der Waals surface area (Å²) in [5.74, 6) is -2.70. The van der Waals surface area contributed by atoms with Crippen molar-refractivity contribution in [3.63, 3.8) is 0 Å². The number of carbonyl (C=O) groups is 1. The number of carbonyl (C=O) groups excluding carboxylic acids is 1. The third-order valence-corrected chi connectivity index (χ3v) is 4.54. The number of rotatable bonds is 4. The van der Waals surface area contributed by atoms with Gasteiger partial charge in [-0.3, -0.25) is 9.36 Å². The molecule has 0 saturated heterocycles. The van der Waals surface area contributed by atoms with Gasteiger partial charge in [-0.2, -0.15) is 0 Å². The van der Waals surface area contributed by atoms with E-state index in [0.717, 1.165) is 12.1 Å². The summed E-state index contributed by atoms with van der Waals surface area (Å²) in [6.45, 7) is -0.200. The fourth-order valence-electron chi connectivity index (χ4n) is 2.89. The number of hydrogen-bond donors (Lipinski definition) is 1. The van der Waals surface area contributed by atoms with Crippen LogP contribution in [0.4, 0.5) is 8.78 Å². The van der Waals surface area contributed by atoms with E-state index in [4.69, 9.17) is 16.0 Å². The van der Waals surface area contributed by atoms with Crippen LogP contribution in [0.5, 0.6) is 0 Å². The van der Waals surface area contributed by atoms with E-state index in [2.05, 4.69) is 9.97 Å². The van der Waals surface area contributed by atoms with Gasteiger partial charge in [-0.25, -0.2) is 18.6 Å². The molecule has 10 heteroatoms. The first-order chi connectivity index (χ1) is 13.3. The minimum absolute atomic E-state index is 0.0576. The Kier molecular flexibility index (Phi) is 4.38. The fourth-order valence-corrected chi connectivity index (χ4v) is 3.05. The topological polar surface area (TPSA) is 84.1 Å². The molecule has 4 rings (SSSR count). The summed E-state index contributed by atoms with van der Waals surface area (Å²) in [6.07, 6.45) is 0. The summed E-state index contributed by atoms with van der Waals surface area (Å²) in [6, 6.07) is 6.66. The molecule has 1 amide bonds. The molecule has 2 aromatic heterocycles. The number of aromatic amines is 1. The number of H-pyrrole nitrogens is 1. The van der Waals surface area contributed by atoms with Crippen molar-refractivity contribution in [2.24, 2.45) is 0 Å². The third-order valence-electron chi connectivity index (χ3n) is 4.31. The van der Waals surface area contributed by atoms with Crippen LogP contribution in [-0.4, -0.2) is 32.4 Å². The second kappa shape index (κ2) is 6.75. The minimum atomic E-state index is -1.00. The van der Waals surface area contributed by atoms with Gasteiger partial charge in [-0.05, 0) is 18.2 Å². The monoisotopic (exact) mass is 406 g/mol. The smallest absolute Gasteiger partial charge is 0.408 e. The molecule has 0 saturated carbocycles. The molecule has 144 valence electrons.